The summed E-state index contributed by atoms with van der Waals surface area (Å²) in [5.41, 5.74) is 0. The summed E-state index contributed by atoms with van der Waals surface area (Å²) in [5, 5.41) is 2.69. The standard InChI is InChI=1S/C21H41NO3/c1-4-6-7-8-9-10-11-12-13-14-15-16-17-18-20(23)22-19(3)21(24)25-5-2/h19H,4-18H2,1-3H3,(H,22,23)/t19-/m0/s1. The molecule has 0 unspecified atom stereocenters. The molecule has 0 bridgehead atoms. The topological polar surface area (TPSA) is 55.4 Å². The lowest BCUT2D eigenvalue weighted by Gasteiger charge is -2.12. The maximum absolute atomic E-state index is 11.7. The summed E-state index contributed by atoms with van der Waals surface area (Å²) in [7, 11) is 0. The summed E-state index contributed by atoms with van der Waals surface area (Å²) in [5.74, 6) is -0.412. The van der Waals surface area contributed by atoms with Crippen LogP contribution in [0.25, 0.3) is 0 Å². The van der Waals surface area contributed by atoms with E-state index in [4.69, 9.17) is 4.74 Å². The number of ether oxygens (including phenoxy) is 1. The zero-order valence-electron chi connectivity index (χ0n) is 16.9. The number of hydrogen-bond donors (Lipinski definition) is 1. The first-order chi connectivity index (χ1) is 12.1. The van der Waals surface area contributed by atoms with Crippen molar-refractivity contribution in [2.75, 3.05) is 6.61 Å². The van der Waals surface area contributed by atoms with E-state index in [1.165, 1.54) is 70.6 Å². The lowest BCUT2D eigenvalue weighted by atomic mass is 10.0. The van der Waals surface area contributed by atoms with Gasteiger partial charge >= 0.3 is 5.97 Å². The van der Waals surface area contributed by atoms with Gasteiger partial charge in [-0.3, -0.25) is 4.79 Å². The van der Waals surface area contributed by atoms with Crippen LogP contribution in [0.5, 0.6) is 0 Å². The van der Waals surface area contributed by atoms with E-state index in [0.717, 1.165) is 12.8 Å². The van der Waals surface area contributed by atoms with E-state index in [1.54, 1.807) is 13.8 Å². The Morgan fingerprint density at radius 2 is 1.20 bits per heavy atom. The fourth-order valence-corrected chi connectivity index (χ4v) is 2.94. The molecule has 0 saturated heterocycles. The second-order valence-corrected chi connectivity index (χ2v) is 7.03. The van der Waals surface area contributed by atoms with Crippen LogP contribution in [0.4, 0.5) is 0 Å². The van der Waals surface area contributed by atoms with Crippen LogP contribution in [0.2, 0.25) is 0 Å². The summed E-state index contributed by atoms with van der Waals surface area (Å²) >= 11 is 0. The molecule has 4 nitrogen and oxygen atoms in total. The second kappa shape index (κ2) is 17.8. The van der Waals surface area contributed by atoms with Gasteiger partial charge in [-0.1, -0.05) is 84.0 Å². The molecule has 0 aromatic carbocycles. The normalized spacial score (nSPS) is 12.0. The highest BCUT2D eigenvalue weighted by Gasteiger charge is 2.15. The Balaban J connectivity index is 3.32. The van der Waals surface area contributed by atoms with Crippen molar-refractivity contribution in [2.24, 2.45) is 0 Å². The van der Waals surface area contributed by atoms with Gasteiger partial charge in [-0.15, -0.1) is 0 Å². The Kier molecular flexibility index (Phi) is 17.0. The van der Waals surface area contributed by atoms with Gasteiger partial charge in [-0.05, 0) is 20.3 Å². The zero-order valence-corrected chi connectivity index (χ0v) is 16.9. The summed E-state index contributed by atoms with van der Waals surface area (Å²) in [6.07, 6.45) is 17.3. The van der Waals surface area contributed by atoms with Gasteiger partial charge in [0.25, 0.3) is 0 Å². The van der Waals surface area contributed by atoms with Gasteiger partial charge in [-0.25, -0.2) is 4.79 Å². The van der Waals surface area contributed by atoms with E-state index < -0.39 is 6.04 Å². The van der Waals surface area contributed by atoms with Gasteiger partial charge in [0.1, 0.15) is 6.04 Å². The highest BCUT2D eigenvalue weighted by atomic mass is 16.5. The quantitative estimate of drug-likeness (QED) is 0.275. The molecule has 1 N–H and O–H groups in total. The minimum atomic E-state index is -0.547. The average molecular weight is 356 g/mol. The predicted octanol–water partition coefficient (Wildman–Crippen LogP) is 5.54. The smallest absolute Gasteiger partial charge is 0.328 e. The minimum absolute atomic E-state index is 0.0522. The van der Waals surface area contributed by atoms with Crippen LogP contribution in [-0.4, -0.2) is 24.5 Å². The Morgan fingerprint density at radius 1 is 0.760 bits per heavy atom. The Bertz CT molecular complexity index is 331. The fraction of sp³-hybridized carbons (Fsp3) is 0.905. The lowest BCUT2D eigenvalue weighted by molar-refractivity contribution is -0.146. The Hall–Kier alpha value is -1.06. The van der Waals surface area contributed by atoms with E-state index in [1.807, 2.05) is 0 Å². The molecule has 0 radical (unpaired) electrons. The highest BCUT2D eigenvalue weighted by molar-refractivity contribution is 5.84. The first-order valence-electron chi connectivity index (χ1n) is 10.6. The Morgan fingerprint density at radius 3 is 1.64 bits per heavy atom. The fourth-order valence-electron chi connectivity index (χ4n) is 2.94. The van der Waals surface area contributed by atoms with Gasteiger partial charge in [0.2, 0.25) is 5.91 Å². The van der Waals surface area contributed by atoms with Crippen LogP contribution >= 0.6 is 0 Å². The molecule has 148 valence electrons. The molecule has 0 aromatic rings. The van der Waals surface area contributed by atoms with Crippen molar-refractivity contribution in [3.8, 4) is 0 Å². The summed E-state index contributed by atoms with van der Waals surface area (Å²) in [6, 6.07) is -0.547. The number of carbonyl (C=O) groups is 2. The number of rotatable bonds is 17. The molecule has 1 atom stereocenters. The first kappa shape index (κ1) is 23.9. The average Bonchev–Trinajstić information content (AvgIpc) is 2.59. The zero-order chi connectivity index (χ0) is 18.8. The third-order valence-corrected chi connectivity index (χ3v) is 4.53. The third-order valence-electron chi connectivity index (χ3n) is 4.53. The molecule has 1 amide bonds. The summed E-state index contributed by atoms with van der Waals surface area (Å²) in [6.45, 7) is 6.04. The van der Waals surface area contributed by atoms with Crippen molar-refractivity contribution >= 4 is 11.9 Å². The molecule has 0 aliphatic carbocycles. The van der Waals surface area contributed by atoms with E-state index in [9.17, 15) is 9.59 Å². The van der Waals surface area contributed by atoms with Crippen LogP contribution < -0.4 is 5.32 Å². The molecule has 4 heteroatoms. The van der Waals surface area contributed by atoms with Gasteiger partial charge in [0.15, 0.2) is 0 Å². The number of esters is 1. The molecule has 0 fully saturated rings. The van der Waals surface area contributed by atoms with Crippen LogP contribution in [-0.2, 0) is 14.3 Å². The summed E-state index contributed by atoms with van der Waals surface area (Å²) < 4.78 is 4.87. The molecule has 25 heavy (non-hydrogen) atoms. The molecular formula is C21H41NO3. The van der Waals surface area contributed by atoms with Crippen LogP contribution in [0.1, 0.15) is 111 Å². The van der Waals surface area contributed by atoms with Gasteiger partial charge in [0, 0.05) is 6.42 Å². The van der Waals surface area contributed by atoms with Crippen molar-refractivity contribution in [3.05, 3.63) is 0 Å². The van der Waals surface area contributed by atoms with E-state index in [2.05, 4.69) is 12.2 Å². The maximum Gasteiger partial charge on any atom is 0.328 e. The maximum atomic E-state index is 11.7. The van der Waals surface area contributed by atoms with Crippen molar-refractivity contribution in [1.82, 2.24) is 5.32 Å². The highest BCUT2D eigenvalue weighted by Crippen LogP contribution is 2.12. The first-order valence-corrected chi connectivity index (χ1v) is 10.6. The third kappa shape index (κ3) is 16.2. The van der Waals surface area contributed by atoms with Gasteiger partial charge < -0.3 is 10.1 Å². The van der Waals surface area contributed by atoms with Crippen molar-refractivity contribution in [3.63, 3.8) is 0 Å². The molecule has 0 heterocycles. The number of nitrogens with one attached hydrogen (secondary N) is 1. The van der Waals surface area contributed by atoms with Crippen molar-refractivity contribution in [2.45, 2.75) is 117 Å². The molecule has 0 saturated carbocycles. The number of carbonyl (C=O) groups excluding carboxylic acids is 2. The monoisotopic (exact) mass is 355 g/mol. The lowest BCUT2D eigenvalue weighted by Crippen LogP contribution is -2.39. The van der Waals surface area contributed by atoms with Crippen molar-refractivity contribution in [1.29, 1.82) is 0 Å². The van der Waals surface area contributed by atoms with E-state index >= 15 is 0 Å². The van der Waals surface area contributed by atoms with Crippen LogP contribution in [0.3, 0.4) is 0 Å². The number of hydrogen-bond acceptors (Lipinski definition) is 3. The van der Waals surface area contributed by atoms with E-state index in [0.29, 0.717) is 13.0 Å². The molecule has 0 rings (SSSR count). The van der Waals surface area contributed by atoms with Gasteiger partial charge in [0.05, 0.1) is 6.61 Å². The molecule has 0 aliphatic rings. The second-order valence-electron chi connectivity index (χ2n) is 7.03. The largest absolute Gasteiger partial charge is 0.464 e. The van der Waals surface area contributed by atoms with Gasteiger partial charge in [-0.2, -0.15) is 0 Å². The number of unbranched alkanes of at least 4 members (excludes halogenated alkanes) is 12. The predicted molar refractivity (Wildman–Crippen MR) is 105 cm³/mol. The SMILES string of the molecule is CCCCCCCCCCCCCCCC(=O)N[C@@H](C)C(=O)OCC. The van der Waals surface area contributed by atoms with E-state index in [-0.39, 0.29) is 11.9 Å². The van der Waals surface area contributed by atoms with Crippen molar-refractivity contribution < 1.29 is 14.3 Å². The Labute approximate surface area is 155 Å². The molecule has 0 aliphatic heterocycles. The van der Waals surface area contributed by atoms with Crippen LogP contribution in [0, 0.1) is 0 Å². The number of amides is 1. The molecule has 0 aromatic heterocycles. The summed E-state index contributed by atoms with van der Waals surface area (Å²) in [4.78, 5) is 23.2. The molecular weight excluding hydrogens is 314 g/mol. The van der Waals surface area contributed by atoms with Crippen LogP contribution in [0.15, 0.2) is 0 Å². The molecule has 0 spiro atoms. The minimum Gasteiger partial charge on any atom is -0.464 e.